The van der Waals surface area contributed by atoms with Crippen LogP contribution in [0.3, 0.4) is 0 Å². The van der Waals surface area contributed by atoms with E-state index in [4.69, 9.17) is 27.8 Å². The van der Waals surface area contributed by atoms with Gasteiger partial charge in [-0.05, 0) is 79.3 Å². The number of carbonyl (C=O) groups excluding carboxylic acids is 1. The van der Waals surface area contributed by atoms with Gasteiger partial charge < -0.3 is 16.2 Å². The van der Waals surface area contributed by atoms with E-state index in [2.05, 4.69) is 28.5 Å². The highest BCUT2D eigenvalue weighted by Gasteiger charge is 2.20. The van der Waals surface area contributed by atoms with E-state index < -0.39 is 0 Å². The third kappa shape index (κ3) is 6.61. The molecule has 1 aromatic heterocycles. The van der Waals surface area contributed by atoms with Gasteiger partial charge in [0.2, 0.25) is 0 Å². The zero-order valence-corrected chi connectivity index (χ0v) is 21.9. The van der Waals surface area contributed by atoms with E-state index in [0.29, 0.717) is 22.0 Å². The Balaban J connectivity index is 1.77. The second-order valence-corrected chi connectivity index (χ2v) is 9.55. The number of allylic oxidation sites excluding steroid dienone is 1. The maximum absolute atomic E-state index is 13.0. The Kier molecular flexibility index (Phi) is 8.89. The third-order valence-corrected chi connectivity index (χ3v) is 6.46. The van der Waals surface area contributed by atoms with Crippen molar-refractivity contribution in [3.8, 4) is 17.0 Å². The van der Waals surface area contributed by atoms with Gasteiger partial charge in [-0.25, -0.2) is 4.99 Å². The minimum absolute atomic E-state index is 0.00786. The topological polar surface area (TPSA) is 116 Å². The lowest BCUT2D eigenvalue weighted by Crippen LogP contribution is -2.37. The molecule has 0 saturated carbocycles. The van der Waals surface area contributed by atoms with Crippen molar-refractivity contribution in [3.63, 3.8) is 0 Å². The molecule has 0 aliphatic rings. The van der Waals surface area contributed by atoms with Crippen LogP contribution >= 0.6 is 23.1 Å². The van der Waals surface area contributed by atoms with E-state index in [1.54, 1.807) is 13.2 Å². The van der Waals surface area contributed by atoms with E-state index in [1.807, 2.05) is 43.3 Å². The van der Waals surface area contributed by atoms with Crippen molar-refractivity contribution < 1.29 is 9.53 Å². The van der Waals surface area contributed by atoms with Gasteiger partial charge in [-0.1, -0.05) is 36.6 Å². The minimum atomic E-state index is -0.363. The van der Waals surface area contributed by atoms with Crippen molar-refractivity contribution in [1.82, 2.24) is 9.69 Å². The summed E-state index contributed by atoms with van der Waals surface area (Å²) in [5.74, 6) is 0.371. The fourth-order valence-corrected chi connectivity index (χ4v) is 4.58. The molecule has 0 spiro atoms. The summed E-state index contributed by atoms with van der Waals surface area (Å²) in [6, 6.07) is 11.1. The van der Waals surface area contributed by atoms with Crippen LogP contribution in [0.1, 0.15) is 53.1 Å². The van der Waals surface area contributed by atoms with Gasteiger partial charge in [-0.3, -0.25) is 10.1 Å². The fourth-order valence-electron chi connectivity index (χ4n) is 3.62. The summed E-state index contributed by atoms with van der Waals surface area (Å²) in [5, 5.41) is 3.14. The number of hydrogen-bond acceptors (Lipinski definition) is 6. The van der Waals surface area contributed by atoms with Crippen LogP contribution in [-0.4, -0.2) is 23.4 Å². The Labute approximate surface area is 215 Å². The molecule has 184 valence electrons. The van der Waals surface area contributed by atoms with Gasteiger partial charge >= 0.3 is 0 Å². The molecule has 0 radical (unpaired) electrons. The highest BCUT2D eigenvalue weighted by atomic mass is 35.5. The summed E-state index contributed by atoms with van der Waals surface area (Å²) in [5.41, 5.74) is 17.5. The van der Waals surface area contributed by atoms with Crippen molar-refractivity contribution in [3.05, 3.63) is 68.6 Å². The highest BCUT2D eigenvalue weighted by molar-refractivity contribution is 7.06. The molecule has 0 fully saturated rings. The number of halogens is 1. The first-order valence-corrected chi connectivity index (χ1v) is 12.4. The Bertz CT molecular complexity index is 1270. The van der Waals surface area contributed by atoms with Gasteiger partial charge in [0.15, 0.2) is 5.96 Å². The lowest BCUT2D eigenvalue weighted by Gasteiger charge is -2.09. The van der Waals surface area contributed by atoms with E-state index in [9.17, 15) is 4.79 Å². The standard InChI is InChI=1S/C26H30ClN5O2S/c1-5-6-15(2)11-19-12-17(13-21(27)23(19)28)14-30-26(29)31-25(33)22-16(3)35-32-24(22)18-7-9-20(34-4)10-8-18/h7-13H,5-6,14,28H2,1-4H3,(H3,29,30,31,33)/b15-11+. The number of aromatic nitrogens is 1. The molecule has 2 aromatic carbocycles. The molecule has 0 unspecified atom stereocenters. The summed E-state index contributed by atoms with van der Waals surface area (Å²) >= 11 is 7.60. The van der Waals surface area contributed by atoms with Crippen molar-refractivity contribution in [2.75, 3.05) is 12.8 Å². The van der Waals surface area contributed by atoms with E-state index in [1.165, 1.54) is 17.1 Å². The molecule has 1 amide bonds. The lowest BCUT2D eigenvalue weighted by atomic mass is 10.0. The molecule has 7 nitrogen and oxygen atoms in total. The summed E-state index contributed by atoms with van der Waals surface area (Å²) in [4.78, 5) is 18.1. The number of nitrogens with zero attached hydrogens (tertiary/aromatic N) is 2. The number of aliphatic imine (C=N–C) groups is 1. The quantitative estimate of drug-likeness (QED) is 0.200. The van der Waals surface area contributed by atoms with Gasteiger partial charge in [0.05, 0.1) is 35.6 Å². The zero-order chi connectivity index (χ0) is 25.5. The number of anilines is 1. The van der Waals surface area contributed by atoms with Gasteiger partial charge in [0.1, 0.15) is 5.75 Å². The summed E-state index contributed by atoms with van der Waals surface area (Å²) < 4.78 is 9.66. The van der Waals surface area contributed by atoms with Gasteiger partial charge in [-0.2, -0.15) is 4.37 Å². The number of nitrogen functional groups attached to an aromatic ring is 1. The van der Waals surface area contributed by atoms with Crippen LogP contribution < -0.4 is 21.5 Å². The predicted octanol–water partition coefficient (Wildman–Crippen LogP) is 5.81. The Morgan fingerprint density at radius 2 is 2.00 bits per heavy atom. The minimum Gasteiger partial charge on any atom is -0.497 e. The van der Waals surface area contributed by atoms with E-state index in [-0.39, 0.29) is 18.4 Å². The first-order chi connectivity index (χ1) is 16.7. The first-order valence-electron chi connectivity index (χ1n) is 11.2. The van der Waals surface area contributed by atoms with Gasteiger partial charge in [0, 0.05) is 10.4 Å². The Hall–Kier alpha value is -3.36. The number of hydrogen-bond donors (Lipinski definition) is 3. The number of amides is 1. The fraction of sp³-hybridized carbons (Fsp3) is 0.269. The van der Waals surface area contributed by atoms with E-state index in [0.717, 1.165) is 40.2 Å². The molecule has 5 N–H and O–H groups in total. The van der Waals surface area contributed by atoms with Crippen LogP contribution in [0.5, 0.6) is 5.75 Å². The molecule has 0 atom stereocenters. The molecule has 3 aromatic rings. The summed E-state index contributed by atoms with van der Waals surface area (Å²) in [6.45, 7) is 6.28. The summed E-state index contributed by atoms with van der Waals surface area (Å²) in [6.07, 6.45) is 4.07. The molecular weight excluding hydrogens is 482 g/mol. The van der Waals surface area contributed by atoms with Gasteiger partial charge in [-0.15, -0.1) is 0 Å². The second kappa shape index (κ2) is 11.9. The largest absolute Gasteiger partial charge is 0.497 e. The number of nitrogens with one attached hydrogen (secondary N) is 1. The van der Waals surface area contributed by atoms with Crippen molar-refractivity contribution >= 4 is 46.8 Å². The number of benzene rings is 2. The van der Waals surface area contributed by atoms with Crippen LogP contribution in [0, 0.1) is 6.92 Å². The maximum atomic E-state index is 13.0. The Morgan fingerprint density at radius 1 is 1.29 bits per heavy atom. The van der Waals surface area contributed by atoms with Crippen LogP contribution in [0.4, 0.5) is 5.69 Å². The monoisotopic (exact) mass is 511 g/mol. The van der Waals surface area contributed by atoms with Crippen molar-refractivity contribution in [1.29, 1.82) is 0 Å². The number of ether oxygens (including phenoxy) is 1. The smallest absolute Gasteiger partial charge is 0.261 e. The Morgan fingerprint density at radius 3 is 2.66 bits per heavy atom. The van der Waals surface area contributed by atoms with Crippen LogP contribution in [-0.2, 0) is 6.54 Å². The van der Waals surface area contributed by atoms with Gasteiger partial charge in [0.25, 0.3) is 5.91 Å². The third-order valence-electron chi connectivity index (χ3n) is 5.39. The molecular formula is C26H30ClN5O2S. The molecule has 3 rings (SSSR count). The normalized spacial score (nSPS) is 12.0. The molecule has 9 heteroatoms. The molecule has 0 saturated heterocycles. The van der Waals surface area contributed by atoms with Crippen LogP contribution in [0.15, 0.2) is 47.0 Å². The number of aryl methyl sites for hydroxylation is 1. The SMILES string of the molecule is CCC/C(C)=C/c1cc(CN=C(N)NC(=O)c2c(-c3ccc(OC)cc3)nsc2C)cc(Cl)c1N. The number of methoxy groups -OCH3 is 1. The number of nitrogens with two attached hydrogens (primary N) is 2. The van der Waals surface area contributed by atoms with Crippen LogP contribution in [0.25, 0.3) is 17.3 Å². The van der Waals surface area contributed by atoms with Crippen molar-refractivity contribution in [2.45, 2.75) is 40.2 Å². The molecule has 0 bridgehead atoms. The zero-order valence-electron chi connectivity index (χ0n) is 20.3. The summed E-state index contributed by atoms with van der Waals surface area (Å²) in [7, 11) is 1.60. The second-order valence-electron chi connectivity index (χ2n) is 8.17. The molecule has 35 heavy (non-hydrogen) atoms. The highest BCUT2D eigenvalue weighted by Crippen LogP contribution is 2.30. The number of rotatable bonds is 8. The molecule has 0 aliphatic heterocycles. The first kappa shape index (κ1) is 26.2. The average Bonchev–Trinajstić information content (AvgIpc) is 3.22. The van der Waals surface area contributed by atoms with Crippen LogP contribution in [0.2, 0.25) is 5.02 Å². The van der Waals surface area contributed by atoms with Crippen molar-refractivity contribution in [2.24, 2.45) is 10.7 Å². The average molecular weight is 512 g/mol. The number of guanidine groups is 1. The maximum Gasteiger partial charge on any atom is 0.261 e. The predicted molar refractivity (Wildman–Crippen MR) is 146 cm³/mol. The number of carbonyl (C=O) groups is 1. The lowest BCUT2D eigenvalue weighted by molar-refractivity contribution is 0.0977. The molecule has 0 aliphatic carbocycles. The molecule has 1 heterocycles. The van der Waals surface area contributed by atoms with E-state index >= 15 is 0 Å².